The Morgan fingerprint density at radius 3 is 2.33 bits per heavy atom. The molecule has 4 rings (SSSR count). The third-order valence-electron chi connectivity index (χ3n) is 6.56. The van der Waals surface area contributed by atoms with Gasteiger partial charge in [-0.25, -0.2) is 0 Å². The lowest BCUT2D eigenvalue weighted by molar-refractivity contribution is -0.231. The van der Waals surface area contributed by atoms with E-state index in [0.717, 1.165) is 30.5 Å². The summed E-state index contributed by atoms with van der Waals surface area (Å²) in [5.74, 6) is 0. The zero-order chi connectivity index (χ0) is 21.4. The summed E-state index contributed by atoms with van der Waals surface area (Å²) < 4.78 is 5.78. The third kappa shape index (κ3) is 3.80. The monoisotopic (exact) mass is 413 g/mol. The van der Waals surface area contributed by atoms with Crippen LogP contribution in [-0.4, -0.2) is 69.9 Å². The average molecular weight is 414 g/mol. The minimum absolute atomic E-state index is 0.0875. The number of ether oxygens (including phenoxy) is 1. The second-order valence-electron chi connectivity index (χ2n) is 8.44. The summed E-state index contributed by atoms with van der Waals surface area (Å²) in [5.41, 5.74) is 5.65. The van der Waals surface area contributed by atoms with Gasteiger partial charge in [-0.05, 0) is 47.7 Å². The van der Waals surface area contributed by atoms with Crippen molar-refractivity contribution in [2.75, 3.05) is 20.2 Å². The molecule has 1 saturated heterocycles. The van der Waals surface area contributed by atoms with Crippen LogP contribution in [0, 0.1) is 0 Å². The number of hydrogen-bond donors (Lipinski definition) is 4. The molecular weight excluding hydrogens is 382 g/mol. The maximum atomic E-state index is 10.5. The van der Waals surface area contributed by atoms with Gasteiger partial charge in [0.15, 0.2) is 0 Å². The lowest BCUT2D eigenvalue weighted by Gasteiger charge is -2.41. The van der Waals surface area contributed by atoms with E-state index in [4.69, 9.17) is 4.74 Å². The summed E-state index contributed by atoms with van der Waals surface area (Å²) in [4.78, 5) is 2.32. The lowest BCUT2D eigenvalue weighted by atomic mass is 9.84. The topological polar surface area (TPSA) is 93.4 Å². The number of aryl methyl sites for hydroxylation is 1. The van der Waals surface area contributed by atoms with Gasteiger partial charge in [0.1, 0.15) is 30.5 Å². The first-order chi connectivity index (χ1) is 14.4. The van der Waals surface area contributed by atoms with E-state index in [1.165, 1.54) is 16.7 Å². The van der Waals surface area contributed by atoms with Crippen LogP contribution in [0.3, 0.4) is 0 Å². The van der Waals surface area contributed by atoms with Gasteiger partial charge >= 0.3 is 0 Å². The van der Waals surface area contributed by atoms with Crippen molar-refractivity contribution in [1.82, 2.24) is 4.90 Å². The molecule has 30 heavy (non-hydrogen) atoms. The van der Waals surface area contributed by atoms with Crippen molar-refractivity contribution >= 4 is 0 Å². The molecule has 0 radical (unpaired) electrons. The molecule has 2 aliphatic rings. The van der Waals surface area contributed by atoms with Gasteiger partial charge in [-0.1, -0.05) is 49.4 Å². The van der Waals surface area contributed by atoms with Crippen LogP contribution in [0.2, 0.25) is 0 Å². The highest BCUT2D eigenvalue weighted by Crippen LogP contribution is 2.38. The quantitative estimate of drug-likeness (QED) is 0.605. The van der Waals surface area contributed by atoms with Gasteiger partial charge in [0.2, 0.25) is 0 Å². The SMILES string of the molecule is CCc1ccc([C@H]2c3cc([C@@H]4O[C@H](CO)[C@@H](O)[C@H](O)[C@H]4O)ccc3CCN2C)cc1. The molecular formula is C24H31NO5. The molecule has 2 heterocycles. The van der Waals surface area contributed by atoms with Crippen molar-refractivity contribution in [1.29, 1.82) is 0 Å². The number of benzene rings is 2. The number of hydrogen-bond acceptors (Lipinski definition) is 6. The molecule has 0 aromatic heterocycles. The van der Waals surface area contributed by atoms with E-state index in [9.17, 15) is 20.4 Å². The summed E-state index contributed by atoms with van der Waals surface area (Å²) in [6.45, 7) is 2.66. The van der Waals surface area contributed by atoms with Crippen LogP contribution in [0.5, 0.6) is 0 Å². The van der Waals surface area contributed by atoms with Crippen LogP contribution >= 0.6 is 0 Å². The van der Waals surface area contributed by atoms with Gasteiger partial charge < -0.3 is 25.2 Å². The summed E-state index contributed by atoms with van der Waals surface area (Å²) in [7, 11) is 2.11. The predicted octanol–water partition coefficient (Wildman–Crippen LogP) is 1.34. The molecule has 2 aromatic carbocycles. The fourth-order valence-electron chi connectivity index (χ4n) is 4.68. The number of likely N-dealkylation sites (N-methyl/N-ethyl adjacent to an activating group) is 1. The van der Waals surface area contributed by atoms with Crippen LogP contribution in [0.1, 0.15) is 46.9 Å². The lowest BCUT2D eigenvalue weighted by Crippen LogP contribution is -2.55. The summed E-state index contributed by atoms with van der Waals surface area (Å²) in [5, 5.41) is 40.3. The molecule has 6 heteroatoms. The molecule has 6 atom stereocenters. The van der Waals surface area contributed by atoms with E-state index < -0.39 is 37.1 Å². The molecule has 0 spiro atoms. The minimum atomic E-state index is -1.38. The standard InChI is InChI=1S/C24H31NO5/c1-3-14-4-6-16(7-5-14)20-18-12-17(9-8-15(18)10-11-25(20)2)24-23(29)22(28)21(27)19(13-26)30-24/h4-9,12,19-24,26-29H,3,10-11,13H2,1-2H3/t19-,20+,21-,22+,23-,24+/m1/s1. The molecule has 0 bridgehead atoms. The number of nitrogens with zero attached hydrogens (tertiary/aromatic N) is 1. The molecule has 0 amide bonds. The second kappa shape index (κ2) is 8.75. The predicted molar refractivity (Wildman–Crippen MR) is 113 cm³/mol. The molecule has 162 valence electrons. The van der Waals surface area contributed by atoms with Crippen LogP contribution in [0.15, 0.2) is 42.5 Å². The van der Waals surface area contributed by atoms with E-state index in [0.29, 0.717) is 0 Å². The van der Waals surface area contributed by atoms with E-state index in [1.54, 1.807) is 0 Å². The maximum absolute atomic E-state index is 10.5. The van der Waals surface area contributed by atoms with Gasteiger partial charge in [-0.15, -0.1) is 0 Å². The Morgan fingerprint density at radius 2 is 1.67 bits per heavy atom. The van der Waals surface area contributed by atoms with Crippen LogP contribution in [-0.2, 0) is 17.6 Å². The molecule has 1 fully saturated rings. The van der Waals surface area contributed by atoms with Crippen LogP contribution in [0.4, 0.5) is 0 Å². The van der Waals surface area contributed by atoms with Crippen LogP contribution in [0.25, 0.3) is 0 Å². The second-order valence-corrected chi connectivity index (χ2v) is 8.44. The third-order valence-corrected chi connectivity index (χ3v) is 6.56. The summed E-state index contributed by atoms with van der Waals surface area (Å²) in [6, 6.07) is 14.8. The Balaban J connectivity index is 1.71. The normalized spacial score (nSPS) is 32.1. The highest BCUT2D eigenvalue weighted by Gasteiger charge is 2.44. The van der Waals surface area contributed by atoms with Gasteiger partial charge in [0, 0.05) is 6.54 Å². The van der Waals surface area contributed by atoms with Crippen molar-refractivity contribution in [3.8, 4) is 0 Å². The van der Waals surface area contributed by atoms with E-state index in [2.05, 4.69) is 49.2 Å². The number of aliphatic hydroxyl groups is 4. The zero-order valence-electron chi connectivity index (χ0n) is 17.5. The zero-order valence-corrected chi connectivity index (χ0v) is 17.5. The van der Waals surface area contributed by atoms with E-state index >= 15 is 0 Å². The number of rotatable bonds is 4. The highest BCUT2D eigenvalue weighted by atomic mass is 16.5. The first-order valence-corrected chi connectivity index (χ1v) is 10.7. The fourth-order valence-corrected chi connectivity index (χ4v) is 4.68. The van der Waals surface area contributed by atoms with E-state index in [1.807, 2.05) is 12.1 Å². The maximum Gasteiger partial charge on any atom is 0.113 e. The Morgan fingerprint density at radius 1 is 0.967 bits per heavy atom. The smallest absolute Gasteiger partial charge is 0.113 e. The van der Waals surface area contributed by atoms with Crippen molar-refractivity contribution in [3.05, 3.63) is 70.3 Å². The molecule has 0 aliphatic carbocycles. The molecule has 2 aliphatic heterocycles. The number of fused-ring (bicyclic) bond motifs is 1. The van der Waals surface area contributed by atoms with Gasteiger partial charge in [-0.3, -0.25) is 4.90 Å². The van der Waals surface area contributed by atoms with Crippen molar-refractivity contribution in [2.24, 2.45) is 0 Å². The van der Waals surface area contributed by atoms with Crippen molar-refractivity contribution in [3.63, 3.8) is 0 Å². The van der Waals surface area contributed by atoms with Gasteiger partial charge in [-0.2, -0.15) is 0 Å². The van der Waals surface area contributed by atoms with Crippen molar-refractivity contribution in [2.45, 2.75) is 56.3 Å². The molecule has 0 saturated carbocycles. The molecule has 2 aromatic rings. The summed E-state index contributed by atoms with van der Waals surface area (Å²) >= 11 is 0. The van der Waals surface area contributed by atoms with Gasteiger partial charge in [0.05, 0.1) is 12.6 Å². The summed E-state index contributed by atoms with van der Waals surface area (Å²) in [6.07, 6.45) is -3.80. The minimum Gasteiger partial charge on any atom is -0.394 e. The molecule has 4 N–H and O–H groups in total. The molecule has 0 unspecified atom stereocenters. The largest absolute Gasteiger partial charge is 0.394 e. The van der Waals surface area contributed by atoms with Crippen molar-refractivity contribution < 1.29 is 25.2 Å². The first kappa shape index (κ1) is 21.4. The van der Waals surface area contributed by atoms with E-state index in [-0.39, 0.29) is 6.04 Å². The number of aliphatic hydroxyl groups excluding tert-OH is 4. The Bertz CT molecular complexity index is 868. The average Bonchev–Trinajstić information content (AvgIpc) is 2.77. The first-order valence-electron chi connectivity index (χ1n) is 10.7. The Labute approximate surface area is 177 Å². The van der Waals surface area contributed by atoms with Gasteiger partial charge in [0.25, 0.3) is 0 Å². The Kier molecular flexibility index (Phi) is 6.25. The molecule has 6 nitrogen and oxygen atoms in total. The Hall–Kier alpha value is -1.80. The van der Waals surface area contributed by atoms with Crippen LogP contribution < -0.4 is 0 Å². The highest BCUT2D eigenvalue weighted by molar-refractivity contribution is 5.43. The fraction of sp³-hybridized carbons (Fsp3) is 0.500.